The van der Waals surface area contributed by atoms with Crippen molar-refractivity contribution in [2.24, 2.45) is 0 Å². The largest absolute Gasteiger partial charge is 0.181 e. The Hall–Kier alpha value is 1.88. The number of halogens is 5. The summed E-state index contributed by atoms with van der Waals surface area (Å²) in [6, 6.07) is 1.01. The fourth-order valence-electron chi connectivity index (χ4n) is 1.04. The van der Waals surface area contributed by atoms with Crippen LogP contribution in [0.1, 0.15) is 6.42 Å². The van der Waals surface area contributed by atoms with Gasteiger partial charge in [-0.2, -0.15) is 22.2 Å². The van der Waals surface area contributed by atoms with E-state index in [9.17, 15) is 0 Å². The SMILES string of the molecule is ClC1CC[SiH](Cl)C(Cl)C1Cl.[SiH3]Cl. The summed E-state index contributed by atoms with van der Waals surface area (Å²) >= 11 is 28.5. The third-order valence-electron chi connectivity index (χ3n) is 1.71. The maximum atomic E-state index is 5.99. The first kappa shape index (κ1) is 13.9. The third-order valence-corrected chi connectivity index (χ3v) is 8.31. The summed E-state index contributed by atoms with van der Waals surface area (Å²) in [4.78, 5) is 0. The van der Waals surface area contributed by atoms with Gasteiger partial charge in [-0.15, -0.1) is 34.8 Å². The highest BCUT2D eigenvalue weighted by atomic mass is 35.6. The van der Waals surface area contributed by atoms with Crippen molar-refractivity contribution in [1.82, 2.24) is 0 Å². The Morgan fingerprint density at radius 3 is 2.08 bits per heavy atom. The van der Waals surface area contributed by atoms with Crippen LogP contribution in [0.15, 0.2) is 0 Å². The number of rotatable bonds is 0. The summed E-state index contributed by atoms with van der Waals surface area (Å²) in [5.41, 5.74) is 0. The van der Waals surface area contributed by atoms with Gasteiger partial charge in [0.25, 0.3) is 0 Å². The predicted molar refractivity (Wildman–Crippen MR) is 67.1 cm³/mol. The van der Waals surface area contributed by atoms with Crippen LogP contribution in [-0.4, -0.2) is 33.4 Å². The van der Waals surface area contributed by atoms with Gasteiger partial charge in [-0.25, -0.2) is 0 Å². The molecule has 1 heterocycles. The molecule has 7 heteroatoms. The minimum Gasteiger partial charge on any atom is -0.181 e. The highest BCUT2D eigenvalue weighted by Crippen LogP contribution is 2.32. The van der Waals surface area contributed by atoms with Gasteiger partial charge in [-0.3, -0.25) is 0 Å². The van der Waals surface area contributed by atoms with Crippen LogP contribution in [0.25, 0.3) is 0 Å². The fourth-order valence-corrected chi connectivity index (χ4v) is 5.69. The van der Waals surface area contributed by atoms with Crippen molar-refractivity contribution < 1.29 is 0 Å². The molecule has 0 saturated carbocycles. The van der Waals surface area contributed by atoms with Crippen molar-refractivity contribution in [3.05, 3.63) is 0 Å². The predicted octanol–water partition coefficient (Wildman–Crippen LogP) is 2.22. The molecule has 0 aromatic rings. The minimum atomic E-state index is -1.26. The summed E-state index contributed by atoms with van der Waals surface area (Å²) in [7, 11) is -0.486. The molecule has 0 bridgehead atoms. The van der Waals surface area contributed by atoms with Gasteiger partial charge in [0.05, 0.1) is 15.8 Å². The first-order valence-corrected chi connectivity index (χ1v) is 11.1. The number of alkyl halides is 3. The summed E-state index contributed by atoms with van der Waals surface area (Å²) in [6.07, 6.45) is 0.930. The Kier molecular flexibility index (Phi) is 8.34. The van der Waals surface area contributed by atoms with E-state index in [1.165, 1.54) is 0 Å². The van der Waals surface area contributed by atoms with Gasteiger partial charge in [0.1, 0.15) is 9.55 Å². The second-order valence-corrected chi connectivity index (χ2v) is 8.50. The van der Waals surface area contributed by atoms with E-state index in [2.05, 4.69) is 0 Å². The zero-order valence-electron chi connectivity index (χ0n) is 6.61. The number of hydrogen-bond donors (Lipinski definition) is 0. The van der Waals surface area contributed by atoms with E-state index in [4.69, 9.17) is 57.0 Å². The van der Waals surface area contributed by atoms with Crippen molar-refractivity contribution in [2.45, 2.75) is 28.2 Å². The molecule has 0 amide bonds. The highest BCUT2D eigenvalue weighted by molar-refractivity contribution is 7.10. The maximum absolute atomic E-state index is 5.99. The monoisotopic (exact) mass is 302 g/mol. The molecule has 0 aromatic heterocycles. The Labute approximate surface area is 102 Å². The Morgan fingerprint density at radius 1 is 1.17 bits per heavy atom. The van der Waals surface area contributed by atoms with Crippen molar-refractivity contribution in [1.29, 1.82) is 0 Å². The van der Waals surface area contributed by atoms with Gasteiger partial charge in [0.15, 0.2) is 8.11 Å². The molecule has 0 N–H and O–H groups in total. The number of hydrogen-bond acceptors (Lipinski definition) is 0. The average molecular weight is 305 g/mol. The molecule has 74 valence electrons. The molecule has 0 radical (unpaired) electrons. The summed E-state index contributed by atoms with van der Waals surface area (Å²) in [6.45, 7) is 0. The van der Waals surface area contributed by atoms with Crippen molar-refractivity contribution in [3.8, 4) is 0 Å². The van der Waals surface area contributed by atoms with Crippen LogP contribution in [-0.2, 0) is 0 Å². The molecular weight excluding hydrogens is 293 g/mol. The van der Waals surface area contributed by atoms with E-state index >= 15 is 0 Å². The van der Waals surface area contributed by atoms with Crippen LogP contribution < -0.4 is 0 Å². The van der Waals surface area contributed by atoms with E-state index in [1.807, 2.05) is 0 Å². The quantitative estimate of drug-likeness (QED) is 0.366. The summed E-state index contributed by atoms with van der Waals surface area (Å²) < 4.78 is 0. The zero-order chi connectivity index (χ0) is 9.72. The minimum absolute atomic E-state index is 0.0201. The van der Waals surface area contributed by atoms with E-state index in [0.717, 1.165) is 22.0 Å². The van der Waals surface area contributed by atoms with Crippen LogP contribution in [0.4, 0.5) is 0 Å². The van der Waals surface area contributed by atoms with Crippen LogP contribution in [0.5, 0.6) is 0 Å². The van der Waals surface area contributed by atoms with E-state index in [0.29, 0.717) is 0 Å². The summed E-state index contributed by atoms with van der Waals surface area (Å²) in [5.74, 6) is 0. The van der Waals surface area contributed by atoms with E-state index in [-0.39, 0.29) is 15.8 Å². The van der Waals surface area contributed by atoms with Gasteiger partial charge >= 0.3 is 0 Å². The van der Waals surface area contributed by atoms with Gasteiger partial charge < -0.3 is 0 Å². The molecule has 1 aliphatic heterocycles. The Balaban J connectivity index is 0.000000561. The van der Waals surface area contributed by atoms with Crippen molar-refractivity contribution >= 4 is 74.6 Å². The zero-order valence-corrected chi connectivity index (χ0v) is 13.5. The first-order chi connectivity index (χ1) is 5.63. The molecule has 0 nitrogen and oxygen atoms in total. The van der Waals surface area contributed by atoms with E-state index < -0.39 is 8.11 Å². The highest BCUT2D eigenvalue weighted by Gasteiger charge is 2.36. The molecule has 0 aliphatic carbocycles. The van der Waals surface area contributed by atoms with Crippen molar-refractivity contribution in [2.75, 3.05) is 0 Å². The lowest BCUT2D eigenvalue weighted by Crippen LogP contribution is -2.40. The molecule has 4 atom stereocenters. The normalized spacial score (nSPS) is 41.8. The standard InChI is InChI=1S/C5H8Cl4Si.ClH3Si/c6-3-1-2-10(9)5(8)4(3)7;1-2/h3-5,10H,1-2H2;2H3. The Bertz CT molecular complexity index is 110. The van der Waals surface area contributed by atoms with Crippen LogP contribution in [0.2, 0.25) is 6.04 Å². The molecule has 1 rings (SSSR count). The molecule has 1 aliphatic rings. The first-order valence-electron chi connectivity index (χ1n) is 3.57. The van der Waals surface area contributed by atoms with Crippen molar-refractivity contribution in [3.63, 3.8) is 0 Å². The van der Waals surface area contributed by atoms with Crippen LogP contribution in [0.3, 0.4) is 0 Å². The summed E-state index contributed by atoms with van der Waals surface area (Å²) in [5, 5.41) is -0.141. The molecule has 1 saturated heterocycles. The molecular formula is C5H11Cl5Si2. The average Bonchev–Trinajstić information content (AvgIpc) is 2.12. The smallest absolute Gasteiger partial charge is 0.160 e. The maximum Gasteiger partial charge on any atom is 0.160 e. The molecule has 4 unspecified atom stereocenters. The molecule has 0 aromatic carbocycles. The van der Waals surface area contributed by atoms with Gasteiger partial charge in [-0.05, 0) is 12.5 Å². The van der Waals surface area contributed by atoms with Gasteiger partial charge in [-0.1, -0.05) is 0 Å². The molecule has 12 heavy (non-hydrogen) atoms. The second kappa shape index (κ2) is 7.21. The topological polar surface area (TPSA) is 0 Å². The lowest BCUT2D eigenvalue weighted by Gasteiger charge is -2.29. The molecule has 1 fully saturated rings. The second-order valence-electron chi connectivity index (χ2n) is 2.50. The van der Waals surface area contributed by atoms with Crippen LogP contribution >= 0.6 is 57.0 Å². The fraction of sp³-hybridized carbons (Fsp3) is 1.00. The third kappa shape index (κ3) is 3.95. The Morgan fingerprint density at radius 2 is 1.67 bits per heavy atom. The molecule has 0 spiro atoms. The lowest BCUT2D eigenvalue weighted by atomic mass is 10.2. The van der Waals surface area contributed by atoms with Crippen LogP contribution in [0, 0.1) is 0 Å². The van der Waals surface area contributed by atoms with Gasteiger partial charge in [0.2, 0.25) is 0 Å². The van der Waals surface area contributed by atoms with E-state index in [1.54, 1.807) is 0 Å². The van der Waals surface area contributed by atoms with Gasteiger partial charge in [0, 0.05) is 0 Å². The lowest BCUT2D eigenvalue weighted by molar-refractivity contribution is 0.731.